The van der Waals surface area contributed by atoms with E-state index in [9.17, 15) is 13.2 Å². The molecule has 0 atom stereocenters. The van der Waals surface area contributed by atoms with Gasteiger partial charge in [0.15, 0.2) is 11.5 Å². The van der Waals surface area contributed by atoms with Crippen molar-refractivity contribution >= 4 is 16.6 Å². The number of pyridine rings is 1. The highest BCUT2D eigenvalue weighted by atomic mass is 19.4. The zero-order valence-corrected chi connectivity index (χ0v) is 18.9. The number of para-hydroxylation sites is 1. The van der Waals surface area contributed by atoms with Gasteiger partial charge >= 0.3 is 6.18 Å². The van der Waals surface area contributed by atoms with Gasteiger partial charge < -0.3 is 20.1 Å². The molecule has 3 aromatic carbocycles. The molecule has 0 fully saturated rings. The average molecular weight is 480 g/mol. The van der Waals surface area contributed by atoms with Crippen molar-refractivity contribution in [2.24, 2.45) is 0 Å². The molecular formula is C27H24F3N3O2. The molecule has 0 amide bonds. The lowest BCUT2D eigenvalue weighted by Crippen LogP contribution is -2.18. The number of nitrogens with zero attached hydrogens (tertiary/aromatic N) is 1. The molecule has 0 saturated heterocycles. The first-order valence-electron chi connectivity index (χ1n) is 11.4. The first-order chi connectivity index (χ1) is 17.0. The molecule has 1 aliphatic heterocycles. The van der Waals surface area contributed by atoms with Gasteiger partial charge in [0.2, 0.25) is 6.79 Å². The molecule has 0 unspecified atom stereocenters. The Morgan fingerprint density at radius 2 is 1.71 bits per heavy atom. The van der Waals surface area contributed by atoms with Crippen molar-refractivity contribution in [1.82, 2.24) is 10.3 Å². The number of anilines is 1. The molecule has 8 heteroatoms. The van der Waals surface area contributed by atoms with Crippen LogP contribution in [0.2, 0.25) is 0 Å². The number of halogens is 3. The summed E-state index contributed by atoms with van der Waals surface area (Å²) in [7, 11) is 0. The van der Waals surface area contributed by atoms with Gasteiger partial charge in [0.25, 0.3) is 0 Å². The Bertz CT molecular complexity index is 1320. The average Bonchev–Trinajstić information content (AvgIpc) is 3.35. The van der Waals surface area contributed by atoms with E-state index in [2.05, 4.69) is 15.6 Å². The highest BCUT2D eigenvalue weighted by Crippen LogP contribution is 2.35. The Morgan fingerprint density at radius 3 is 2.54 bits per heavy atom. The molecule has 2 N–H and O–H groups in total. The molecule has 0 aliphatic carbocycles. The fourth-order valence-electron chi connectivity index (χ4n) is 4.12. The molecule has 4 aromatic rings. The number of aromatic nitrogens is 1. The van der Waals surface area contributed by atoms with Crippen molar-refractivity contribution in [1.29, 1.82) is 0 Å². The van der Waals surface area contributed by atoms with Crippen molar-refractivity contribution in [3.63, 3.8) is 0 Å². The van der Waals surface area contributed by atoms with Crippen LogP contribution < -0.4 is 20.1 Å². The summed E-state index contributed by atoms with van der Waals surface area (Å²) in [5, 5.41) is 7.86. The predicted molar refractivity (Wildman–Crippen MR) is 130 cm³/mol. The molecule has 5 rings (SSSR count). The molecule has 2 heterocycles. The van der Waals surface area contributed by atoms with E-state index in [1.54, 1.807) is 6.20 Å². The van der Waals surface area contributed by atoms with Crippen LogP contribution in [0.4, 0.5) is 18.9 Å². The van der Waals surface area contributed by atoms with E-state index in [1.807, 2.05) is 42.5 Å². The first-order valence-corrected chi connectivity index (χ1v) is 11.4. The van der Waals surface area contributed by atoms with E-state index in [0.29, 0.717) is 12.1 Å². The number of rotatable bonds is 8. The van der Waals surface area contributed by atoms with E-state index in [4.69, 9.17) is 9.47 Å². The minimum absolute atomic E-state index is 0.266. The van der Waals surface area contributed by atoms with Crippen molar-refractivity contribution in [3.8, 4) is 22.6 Å². The number of ether oxygens (including phenoxy) is 2. The summed E-state index contributed by atoms with van der Waals surface area (Å²) >= 11 is 0. The Labute approximate surface area is 200 Å². The molecule has 0 saturated carbocycles. The van der Waals surface area contributed by atoms with Gasteiger partial charge in [-0.05, 0) is 54.4 Å². The number of hydrogen-bond donors (Lipinski definition) is 2. The number of hydrogen-bond acceptors (Lipinski definition) is 5. The highest BCUT2D eigenvalue weighted by molar-refractivity contribution is 5.93. The van der Waals surface area contributed by atoms with Crippen molar-refractivity contribution in [2.45, 2.75) is 19.1 Å². The second-order valence-corrected chi connectivity index (χ2v) is 8.27. The fraction of sp³-hybridized carbons (Fsp3) is 0.222. The Kier molecular flexibility index (Phi) is 6.46. The van der Waals surface area contributed by atoms with Crippen LogP contribution in [-0.4, -0.2) is 24.9 Å². The van der Waals surface area contributed by atoms with E-state index in [-0.39, 0.29) is 6.79 Å². The van der Waals surface area contributed by atoms with Gasteiger partial charge in [-0.15, -0.1) is 0 Å². The van der Waals surface area contributed by atoms with Gasteiger partial charge in [-0.2, -0.15) is 13.2 Å². The standard InChI is InChI=1S/C27H24F3N3O2/c28-27(29,30)21-8-5-18(6-9-21)19-7-10-22-23(11-14-33-24(22)15-19)32-13-2-12-31-16-20-3-1-4-25-26(20)35-17-34-25/h1,3-11,14-15,31H,2,12-13,16-17H2,(H,32,33). The molecule has 0 radical (unpaired) electrons. The van der Waals surface area contributed by atoms with Gasteiger partial charge in [0.05, 0.1) is 11.1 Å². The number of fused-ring (bicyclic) bond motifs is 2. The molecule has 0 bridgehead atoms. The van der Waals surface area contributed by atoms with Crippen LogP contribution in [-0.2, 0) is 12.7 Å². The summed E-state index contributed by atoms with van der Waals surface area (Å²) in [6.07, 6.45) is -1.69. The molecule has 5 nitrogen and oxygen atoms in total. The monoisotopic (exact) mass is 479 g/mol. The smallest absolute Gasteiger partial charge is 0.416 e. The fourth-order valence-corrected chi connectivity index (χ4v) is 4.12. The normalized spacial score (nSPS) is 12.8. The first kappa shape index (κ1) is 23.0. The summed E-state index contributed by atoms with van der Waals surface area (Å²) in [4.78, 5) is 4.45. The van der Waals surface area contributed by atoms with Crippen LogP contribution >= 0.6 is 0 Å². The highest BCUT2D eigenvalue weighted by Gasteiger charge is 2.30. The molecule has 1 aromatic heterocycles. The van der Waals surface area contributed by atoms with Crippen LogP contribution in [0.15, 0.2) is 72.9 Å². The van der Waals surface area contributed by atoms with Crippen LogP contribution in [0.1, 0.15) is 17.5 Å². The predicted octanol–water partition coefficient (Wildman–Crippen LogP) is 6.24. The van der Waals surface area contributed by atoms with Crippen LogP contribution in [0.25, 0.3) is 22.0 Å². The maximum absolute atomic E-state index is 12.8. The lowest BCUT2D eigenvalue weighted by atomic mass is 10.0. The van der Waals surface area contributed by atoms with Gasteiger partial charge in [0, 0.05) is 35.9 Å². The van der Waals surface area contributed by atoms with Gasteiger partial charge in [-0.1, -0.05) is 36.4 Å². The summed E-state index contributed by atoms with van der Waals surface area (Å²) in [5.41, 5.74) is 3.72. The largest absolute Gasteiger partial charge is 0.454 e. The maximum Gasteiger partial charge on any atom is 0.416 e. The number of nitrogens with one attached hydrogen (secondary N) is 2. The van der Waals surface area contributed by atoms with E-state index < -0.39 is 11.7 Å². The molecule has 0 spiro atoms. The zero-order chi connectivity index (χ0) is 24.3. The minimum atomic E-state index is -4.34. The lowest BCUT2D eigenvalue weighted by molar-refractivity contribution is -0.137. The molecular weight excluding hydrogens is 455 g/mol. The van der Waals surface area contributed by atoms with E-state index in [1.165, 1.54) is 12.1 Å². The third kappa shape index (κ3) is 5.17. The third-order valence-corrected chi connectivity index (χ3v) is 5.93. The third-order valence-electron chi connectivity index (χ3n) is 5.93. The van der Waals surface area contributed by atoms with Crippen molar-refractivity contribution < 1.29 is 22.6 Å². The summed E-state index contributed by atoms with van der Waals surface area (Å²) in [6.45, 7) is 2.58. The van der Waals surface area contributed by atoms with Crippen molar-refractivity contribution in [2.75, 3.05) is 25.2 Å². The minimum Gasteiger partial charge on any atom is -0.454 e. The summed E-state index contributed by atoms with van der Waals surface area (Å²) < 4.78 is 49.5. The zero-order valence-electron chi connectivity index (χ0n) is 18.9. The van der Waals surface area contributed by atoms with Crippen molar-refractivity contribution in [3.05, 3.63) is 84.1 Å². The second kappa shape index (κ2) is 9.84. The second-order valence-electron chi connectivity index (χ2n) is 8.27. The van der Waals surface area contributed by atoms with Crippen LogP contribution in [0, 0.1) is 0 Å². The number of benzene rings is 3. The van der Waals surface area contributed by atoms with Crippen LogP contribution in [0.5, 0.6) is 11.5 Å². The number of alkyl halides is 3. The quantitative estimate of drug-likeness (QED) is 0.293. The van der Waals surface area contributed by atoms with E-state index >= 15 is 0 Å². The molecule has 1 aliphatic rings. The molecule has 35 heavy (non-hydrogen) atoms. The Balaban J connectivity index is 1.17. The Morgan fingerprint density at radius 1 is 0.886 bits per heavy atom. The van der Waals surface area contributed by atoms with Gasteiger partial charge in [-0.25, -0.2) is 0 Å². The Hall–Kier alpha value is -3.78. The van der Waals surface area contributed by atoms with Gasteiger partial charge in [0.1, 0.15) is 0 Å². The molecule has 180 valence electrons. The van der Waals surface area contributed by atoms with Crippen LogP contribution in [0.3, 0.4) is 0 Å². The topological polar surface area (TPSA) is 55.4 Å². The van der Waals surface area contributed by atoms with E-state index in [0.717, 1.165) is 70.9 Å². The lowest BCUT2D eigenvalue weighted by Gasteiger charge is -2.12. The summed E-state index contributed by atoms with van der Waals surface area (Å²) in [6, 6.07) is 18.8. The SMILES string of the molecule is FC(F)(F)c1ccc(-c2ccc3c(NCCCNCc4cccc5c4OCO5)ccnc3c2)cc1. The summed E-state index contributed by atoms with van der Waals surface area (Å²) in [5.74, 6) is 1.61. The van der Waals surface area contributed by atoms with Gasteiger partial charge in [-0.3, -0.25) is 4.98 Å². The maximum atomic E-state index is 12.8.